The number of hydrogen-bond donors (Lipinski definition) is 2. The summed E-state index contributed by atoms with van der Waals surface area (Å²) in [6, 6.07) is 26.9. The number of phenolic OH excluding ortho intramolecular Hbond substituents is 2. The van der Waals surface area contributed by atoms with Crippen LogP contribution in [0.3, 0.4) is 0 Å². The normalized spacial score (nSPS) is 11.4. The molecule has 0 aliphatic carbocycles. The first-order valence-electron chi connectivity index (χ1n) is 13.9. The lowest BCUT2D eigenvalue weighted by Gasteiger charge is -2.14. The molecule has 0 radical (unpaired) electrons. The number of phenols is 2. The van der Waals surface area contributed by atoms with Crippen molar-refractivity contribution in [2.24, 2.45) is 9.98 Å². The van der Waals surface area contributed by atoms with Crippen LogP contribution in [0.15, 0.2) is 106 Å². The van der Waals surface area contributed by atoms with Gasteiger partial charge in [0.2, 0.25) is 10.3 Å². The van der Waals surface area contributed by atoms with E-state index in [1.54, 1.807) is 36.7 Å². The fraction of sp³-hybridized carbons (Fsp3) is 0.0857. The summed E-state index contributed by atoms with van der Waals surface area (Å²) in [4.78, 5) is 18.4. The van der Waals surface area contributed by atoms with Crippen LogP contribution in [0.4, 0.5) is 10.3 Å². The van der Waals surface area contributed by atoms with Gasteiger partial charge in [0.25, 0.3) is 0 Å². The zero-order valence-corrected chi connectivity index (χ0v) is 26.0. The van der Waals surface area contributed by atoms with Crippen LogP contribution in [-0.2, 0) is 6.42 Å². The van der Waals surface area contributed by atoms with Gasteiger partial charge in [0.15, 0.2) is 23.0 Å². The standard InChI is InChI=1S/C35H28N4O4S2/c1-42-30-15-22(18-36-34-38-28(20-44-34)24-9-5-3-6-10-24)13-26(32(30)40)17-27-14-23(16-31(43-2)33(27)41)19-37-35-39-29(21-45-35)25-11-7-4-8-12-25/h3-16,18-21,40-41H,17H2,1-2H3/b36-18+,37-19+. The molecule has 0 atom stereocenters. The highest BCUT2D eigenvalue weighted by Gasteiger charge is 2.16. The maximum absolute atomic E-state index is 11.0. The highest BCUT2D eigenvalue weighted by atomic mass is 32.1. The molecule has 0 saturated heterocycles. The number of ether oxygens (including phenoxy) is 2. The molecule has 45 heavy (non-hydrogen) atoms. The molecule has 2 aromatic heterocycles. The minimum absolute atomic E-state index is 0.0241. The zero-order valence-electron chi connectivity index (χ0n) is 24.4. The Morgan fingerprint density at radius 3 is 1.47 bits per heavy atom. The summed E-state index contributed by atoms with van der Waals surface area (Å²) in [5.41, 5.74) is 6.26. The van der Waals surface area contributed by atoms with E-state index in [1.165, 1.54) is 36.9 Å². The Kier molecular flexibility index (Phi) is 8.95. The van der Waals surface area contributed by atoms with Gasteiger partial charge in [-0.2, -0.15) is 0 Å². The third kappa shape index (κ3) is 6.93. The molecule has 4 aromatic carbocycles. The third-order valence-corrected chi connectivity index (χ3v) is 8.44. The van der Waals surface area contributed by atoms with Gasteiger partial charge in [-0.15, -0.1) is 22.7 Å². The molecule has 10 heteroatoms. The molecule has 0 aliphatic rings. The second kappa shape index (κ2) is 13.5. The quantitative estimate of drug-likeness (QED) is 0.147. The molecule has 0 unspecified atom stereocenters. The van der Waals surface area contributed by atoms with Crippen molar-refractivity contribution in [3.63, 3.8) is 0 Å². The Morgan fingerprint density at radius 1 is 0.644 bits per heavy atom. The Hall–Kier alpha value is -5.32. The molecule has 0 spiro atoms. The van der Waals surface area contributed by atoms with E-state index in [9.17, 15) is 10.2 Å². The summed E-state index contributed by atoms with van der Waals surface area (Å²) < 4.78 is 10.9. The molecule has 0 bridgehead atoms. The van der Waals surface area contributed by atoms with Crippen molar-refractivity contribution >= 4 is 45.4 Å². The molecule has 8 nitrogen and oxygen atoms in total. The summed E-state index contributed by atoms with van der Waals surface area (Å²) in [5.74, 6) is 0.535. The predicted octanol–water partition coefficient (Wildman–Crippen LogP) is 8.45. The topological polar surface area (TPSA) is 109 Å². The average molecular weight is 633 g/mol. The molecule has 0 amide bonds. The van der Waals surface area contributed by atoms with Crippen LogP contribution in [0, 0.1) is 0 Å². The number of nitrogens with zero attached hydrogens (tertiary/aromatic N) is 4. The lowest BCUT2D eigenvalue weighted by atomic mass is 9.98. The summed E-state index contributed by atoms with van der Waals surface area (Å²) in [6.07, 6.45) is 3.55. The second-order valence-corrected chi connectivity index (χ2v) is 11.6. The fourth-order valence-corrected chi connectivity index (χ4v) is 6.04. The SMILES string of the molecule is COc1cc(/C=N/c2nc(-c3ccccc3)cs2)cc(Cc2cc(/C=N/c3nc(-c4ccccc4)cs3)cc(OC)c2O)c1O. The van der Waals surface area contributed by atoms with Gasteiger partial charge < -0.3 is 19.7 Å². The van der Waals surface area contributed by atoms with Gasteiger partial charge >= 0.3 is 0 Å². The Morgan fingerprint density at radius 2 is 1.07 bits per heavy atom. The number of aliphatic imine (C=N–C) groups is 2. The van der Waals surface area contributed by atoms with Gasteiger partial charge in [0.05, 0.1) is 25.6 Å². The van der Waals surface area contributed by atoms with E-state index in [2.05, 4.69) is 20.0 Å². The van der Waals surface area contributed by atoms with Crippen LogP contribution in [0.2, 0.25) is 0 Å². The van der Waals surface area contributed by atoms with Crippen LogP contribution < -0.4 is 9.47 Å². The molecular formula is C35H28N4O4S2. The predicted molar refractivity (Wildman–Crippen MR) is 182 cm³/mol. The minimum atomic E-state index is -0.0241. The molecule has 0 aliphatic heterocycles. The first kappa shape index (κ1) is 29.7. The highest BCUT2D eigenvalue weighted by Crippen LogP contribution is 2.38. The smallest absolute Gasteiger partial charge is 0.209 e. The van der Waals surface area contributed by atoms with Gasteiger partial charge in [0.1, 0.15) is 0 Å². The fourth-order valence-electron chi connectivity index (χ4n) is 4.70. The first-order chi connectivity index (χ1) is 22.0. The van der Waals surface area contributed by atoms with Crippen molar-refractivity contribution < 1.29 is 19.7 Å². The maximum atomic E-state index is 11.0. The highest BCUT2D eigenvalue weighted by molar-refractivity contribution is 7.14. The number of aromatic hydroxyl groups is 2. The van der Waals surface area contributed by atoms with Crippen LogP contribution in [0.1, 0.15) is 22.3 Å². The number of methoxy groups -OCH3 is 2. The molecule has 0 saturated carbocycles. The third-order valence-electron chi connectivity index (χ3n) is 6.94. The van der Waals surface area contributed by atoms with E-state index in [1.807, 2.05) is 71.4 Å². The van der Waals surface area contributed by atoms with Crippen molar-refractivity contribution in [1.29, 1.82) is 0 Å². The van der Waals surface area contributed by atoms with E-state index in [-0.39, 0.29) is 17.9 Å². The van der Waals surface area contributed by atoms with Crippen molar-refractivity contribution in [3.05, 3.63) is 118 Å². The van der Waals surface area contributed by atoms with E-state index in [0.29, 0.717) is 44.0 Å². The summed E-state index contributed by atoms with van der Waals surface area (Å²) in [6.45, 7) is 0. The molecule has 0 fully saturated rings. The van der Waals surface area contributed by atoms with E-state index in [0.717, 1.165) is 22.5 Å². The second-order valence-electron chi connectivity index (χ2n) is 9.92. The van der Waals surface area contributed by atoms with Gasteiger partial charge in [-0.25, -0.2) is 20.0 Å². The molecule has 6 aromatic rings. The maximum Gasteiger partial charge on any atom is 0.209 e. The van der Waals surface area contributed by atoms with Crippen molar-refractivity contribution in [1.82, 2.24) is 9.97 Å². The van der Waals surface area contributed by atoms with Gasteiger partial charge in [-0.05, 0) is 35.4 Å². The van der Waals surface area contributed by atoms with Gasteiger partial charge in [-0.1, -0.05) is 60.7 Å². The number of rotatable bonds is 10. The molecule has 2 N–H and O–H groups in total. The van der Waals surface area contributed by atoms with Crippen LogP contribution in [0.25, 0.3) is 22.5 Å². The van der Waals surface area contributed by atoms with E-state index >= 15 is 0 Å². The Balaban J connectivity index is 1.26. The lowest BCUT2D eigenvalue weighted by Crippen LogP contribution is -1.98. The monoisotopic (exact) mass is 632 g/mol. The van der Waals surface area contributed by atoms with Gasteiger partial charge in [0, 0.05) is 51.9 Å². The Bertz CT molecular complexity index is 1840. The summed E-state index contributed by atoms with van der Waals surface area (Å²) in [7, 11) is 2.98. The lowest BCUT2D eigenvalue weighted by molar-refractivity contribution is 0.368. The number of benzene rings is 4. The number of hydrogen-bond acceptors (Lipinski definition) is 10. The summed E-state index contributed by atoms with van der Waals surface area (Å²) >= 11 is 2.88. The minimum Gasteiger partial charge on any atom is -0.504 e. The Labute approximate surface area is 268 Å². The first-order valence-corrected chi connectivity index (χ1v) is 15.7. The van der Waals surface area contributed by atoms with Crippen molar-refractivity contribution in [3.8, 4) is 45.5 Å². The zero-order chi connectivity index (χ0) is 31.2. The number of thiazole rings is 2. The molecule has 2 heterocycles. The van der Waals surface area contributed by atoms with Crippen LogP contribution >= 0.6 is 22.7 Å². The number of aromatic nitrogens is 2. The van der Waals surface area contributed by atoms with E-state index in [4.69, 9.17) is 9.47 Å². The molecule has 6 rings (SSSR count). The molecular weight excluding hydrogens is 605 g/mol. The van der Waals surface area contributed by atoms with Crippen LogP contribution in [-0.4, -0.2) is 46.8 Å². The van der Waals surface area contributed by atoms with Crippen molar-refractivity contribution in [2.75, 3.05) is 14.2 Å². The summed E-state index contributed by atoms with van der Waals surface area (Å²) in [5, 5.41) is 27.1. The van der Waals surface area contributed by atoms with E-state index < -0.39 is 0 Å². The molecule has 224 valence electrons. The van der Waals surface area contributed by atoms with Gasteiger partial charge in [-0.3, -0.25) is 0 Å². The van der Waals surface area contributed by atoms with Crippen molar-refractivity contribution in [2.45, 2.75) is 6.42 Å². The van der Waals surface area contributed by atoms with Crippen LogP contribution in [0.5, 0.6) is 23.0 Å². The largest absolute Gasteiger partial charge is 0.504 e. The average Bonchev–Trinajstić information content (AvgIpc) is 3.76.